The van der Waals surface area contributed by atoms with E-state index >= 15 is 0 Å². The van der Waals surface area contributed by atoms with Crippen LogP contribution in [0.3, 0.4) is 0 Å². The Balaban J connectivity index is 3.15. The van der Waals surface area contributed by atoms with Crippen molar-refractivity contribution in [3.05, 3.63) is 52.2 Å². The lowest BCUT2D eigenvalue weighted by Crippen LogP contribution is -2.47. The molecule has 0 unspecified atom stereocenters. The monoisotopic (exact) mass is 277 g/mol. The van der Waals surface area contributed by atoms with Crippen molar-refractivity contribution in [2.45, 2.75) is 13.8 Å². The van der Waals surface area contributed by atoms with Gasteiger partial charge >= 0.3 is 5.97 Å². The zero-order valence-electron chi connectivity index (χ0n) is 11.1. The van der Waals surface area contributed by atoms with Crippen LogP contribution in [0, 0.1) is 6.92 Å². The highest BCUT2D eigenvalue weighted by molar-refractivity contribution is 6.05. The van der Waals surface area contributed by atoms with Crippen LogP contribution in [0.25, 0.3) is 10.9 Å². The van der Waals surface area contributed by atoms with Crippen LogP contribution in [0.1, 0.15) is 23.0 Å². The number of aromatic nitrogens is 1. The van der Waals surface area contributed by atoms with Crippen molar-refractivity contribution in [3.8, 4) is 0 Å². The van der Waals surface area contributed by atoms with Gasteiger partial charge in [0.05, 0.1) is 17.6 Å². The summed E-state index contributed by atoms with van der Waals surface area (Å²) in [6.07, 6.45) is 0. The van der Waals surface area contributed by atoms with Gasteiger partial charge in [0.25, 0.3) is 16.3 Å². The van der Waals surface area contributed by atoms with E-state index in [4.69, 9.17) is 4.74 Å². The minimum atomic E-state index is -1.42. The molecule has 7 heteroatoms. The largest absolute Gasteiger partial charge is 0.462 e. The van der Waals surface area contributed by atoms with E-state index in [2.05, 4.69) is 0 Å². The van der Waals surface area contributed by atoms with Crippen molar-refractivity contribution >= 4 is 16.9 Å². The molecule has 7 nitrogen and oxygen atoms in total. The van der Waals surface area contributed by atoms with Crippen molar-refractivity contribution < 1.29 is 9.53 Å². The second-order valence-corrected chi connectivity index (χ2v) is 4.28. The number of carbonyl (C=O) groups excluding carboxylic acids is 1. The molecule has 0 radical (unpaired) electrons. The molecule has 0 atom stereocenters. The summed E-state index contributed by atoms with van der Waals surface area (Å²) in [5.74, 6) is -0.801. The van der Waals surface area contributed by atoms with Gasteiger partial charge in [0.15, 0.2) is 0 Å². The van der Waals surface area contributed by atoms with Crippen molar-refractivity contribution in [3.63, 3.8) is 0 Å². The van der Waals surface area contributed by atoms with Gasteiger partial charge in [0, 0.05) is 12.7 Å². The molecule has 0 N–H and O–H groups in total. The van der Waals surface area contributed by atoms with E-state index in [9.17, 15) is 24.0 Å². The Morgan fingerprint density at radius 2 is 1.60 bits per heavy atom. The molecule has 0 spiro atoms. The van der Waals surface area contributed by atoms with Crippen molar-refractivity contribution in [2.24, 2.45) is 7.05 Å². The average molecular weight is 277 g/mol. The second-order valence-electron chi connectivity index (χ2n) is 4.28. The van der Waals surface area contributed by atoms with Gasteiger partial charge in [0.2, 0.25) is 5.43 Å². The number of rotatable bonds is 2. The van der Waals surface area contributed by atoms with Crippen molar-refractivity contribution in [2.75, 3.05) is 6.61 Å². The summed E-state index contributed by atoms with van der Waals surface area (Å²) < 4.78 is 6.08. The van der Waals surface area contributed by atoms with Crippen LogP contribution >= 0.6 is 0 Å². The third-order valence-electron chi connectivity index (χ3n) is 3.23. The van der Waals surface area contributed by atoms with Gasteiger partial charge in [-0.05, 0) is 13.8 Å². The summed E-state index contributed by atoms with van der Waals surface area (Å²) in [7, 11) is 1.44. The number of fused-ring (bicyclic) bond motifs is 1. The van der Waals surface area contributed by atoms with Gasteiger partial charge in [-0.1, -0.05) is 0 Å². The minimum Gasteiger partial charge on any atom is -0.462 e. The first-order valence-electron chi connectivity index (χ1n) is 5.86. The van der Waals surface area contributed by atoms with Gasteiger partial charge in [-0.25, -0.2) is 4.79 Å². The molecule has 2 aromatic rings. The number of benzene rings is 1. The van der Waals surface area contributed by atoms with E-state index < -0.39 is 27.7 Å². The molecule has 104 valence electrons. The van der Waals surface area contributed by atoms with Gasteiger partial charge < -0.3 is 9.30 Å². The van der Waals surface area contributed by atoms with Gasteiger partial charge in [0.1, 0.15) is 5.52 Å². The predicted octanol–water partition coefficient (Wildman–Crippen LogP) is -1.02. The van der Waals surface area contributed by atoms with E-state index in [-0.39, 0.29) is 28.8 Å². The molecule has 0 amide bonds. The topological polar surface area (TPSA) is 99.5 Å². The summed E-state index contributed by atoms with van der Waals surface area (Å²) in [4.78, 5) is 58.6. The molecule has 0 saturated carbocycles. The highest BCUT2D eigenvalue weighted by Gasteiger charge is 2.26. The second kappa shape index (κ2) is 4.52. The molecule has 1 aromatic heterocycles. The molecule has 1 aromatic carbocycles. The Bertz CT molecular complexity index is 927. The van der Waals surface area contributed by atoms with Gasteiger partial charge in [-0.15, -0.1) is 0 Å². The van der Waals surface area contributed by atoms with Crippen LogP contribution in [0.5, 0.6) is 0 Å². The Morgan fingerprint density at radius 1 is 1.05 bits per heavy atom. The Hall–Kier alpha value is -2.57. The lowest BCUT2D eigenvalue weighted by molar-refractivity contribution is 0.0527. The molecule has 0 saturated heterocycles. The van der Waals surface area contributed by atoms with Crippen LogP contribution in [0.4, 0.5) is 0 Å². The first-order chi connectivity index (χ1) is 9.32. The summed E-state index contributed by atoms with van der Waals surface area (Å²) in [5, 5.41) is -0.335. The number of aryl methyl sites for hydroxylation is 1. The quantitative estimate of drug-likeness (QED) is 0.514. The molecule has 0 fully saturated rings. The molecular formula is C13H11NO6. The summed E-state index contributed by atoms with van der Waals surface area (Å²) in [6, 6.07) is 0. The standard InChI is InChI=1S/C13H11NO6/c1-4-20-13(19)6-5(2)14(3)8-7(6)9(15)11(17)12(18)10(8)16/h4H2,1-3H3. The SMILES string of the molecule is CCOC(=O)c1c(C)n(C)c2c(=O)c(=O)c(=O)c(=O)c12. The van der Waals surface area contributed by atoms with E-state index in [0.29, 0.717) is 0 Å². The zero-order valence-corrected chi connectivity index (χ0v) is 11.1. The number of nitrogens with zero attached hydrogens (tertiary/aromatic N) is 1. The fourth-order valence-electron chi connectivity index (χ4n) is 2.17. The number of hydrogen-bond acceptors (Lipinski definition) is 6. The third kappa shape index (κ3) is 1.63. The first kappa shape index (κ1) is 13.9. The van der Waals surface area contributed by atoms with Gasteiger partial charge in [-0.3, -0.25) is 19.2 Å². The number of carbonyl (C=O) groups is 1. The highest BCUT2D eigenvalue weighted by atomic mass is 16.5. The highest BCUT2D eigenvalue weighted by Crippen LogP contribution is 2.19. The van der Waals surface area contributed by atoms with Crippen molar-refractivity contribution in [1.82, 2.24) is 4.57 Å². The van der Waals surface area contributed by atoms with Crippen LogP contribution < -0.4 is 21.7 Å². The smallest absolute Gasteiger partial charge is 0.340 e. The van der Waals surface area contributed by atoms with Gasteiger partial charge in [-0.2, -0.15) is 0 Å². The normalized spacial score (nSPS) is 10.9. The first-order valence-corrected chi connectivity index (χ1v) is 5.86. The van der Waals surface area contributed by atoms with Crippen LogP contribution in [-0.4, -0.2) is 17.1 Å². The maximum atomic E-state index is 11.9. The maximum absolute atomic E-state index is 11.9. The maximum Gasteiger partial charge on any atom is 0.340 e. The number of ether oxygens (including phenoxy) is 1. The molecule has 1 heterocycles. The zero-order chi connectivity index (χ0) is 15.2. The molecule has 0 aliphatic rings. The Morgan fingerprint density at radius 3 is 2.15 bits per heavy atom. The van der Waals surface area contributed by atoms with E-state index in [1.807, 2.05) is 0 Å². The lowest BCUT2D eigenvalue weighted by Gasteiger charge is -2.01. The summed E-state index contributed by atoms with van der Waals surface area (Å²) in [6.45, 7) is 3.17. The summed E-state index contributed by atoms with van der Waals surface area (Å²) >= 11 is 0. The molecule has 2 rings (SSSR count). The van der Waals surface area contributed by atoms with E-state index in [0.717, 1.165) is 0 Å². The lowest BCUT2D eigenvalue weighted by atomic mass is 10.1. The molecule has 0 bridgehead atoms. The van der Waals surface area contributed by atoms with E-state index in [1.54, 1.807) is 6.92 Å². The Kier molecular flexibility index (Phi) is 3.13. The molecule has 20 heavy (non-hydrogen) atoms. The molecular weight excluding hydrogens is 266 g/mol. The van der Waals surface area contributed by atoms with E-state index in [1.165, 1.54) is 18.5 Å². The van der Waals surface area contributed by atoms with Crippen LogP contribution in [-0.2, 0) is 11.8 Å². The third-order valence-corrected chi connectivity index (χ3v) is 3.23. The summed E-state index contributed by atoms with van der Waals surface area (Å²) in [5.41, 5.74) is -5.10. The fourth-order valence-corrected chi connectivity index (χ4v) is 2.17. The van der Waals surface area contributed by atoms with Crippen LogP contribution in [0.15, 0.2) is 19.2 Å². The number of hydrogen-bond donors (Lipinski definition) is 0. The minimum absolute atomic E-state index is 0.0803. The number of esters is 1. The molecule has 0 aliphatic carbocycles. The van der Waals surface area contributed by atoms with Crippen LogP contribution in [0.2, 0.25) is 0 Å². The average Bonchev–Trinajstić information content (AvgIpc) is 2.67. The van der Waals surface area contributed by atoms with Crippen molar-refractivity contribution in [1.29, 1.82) is 0 Å². The predicted molar refractivity (Wildman–Crippen MR) is 71.1 cm³/mol. The Labute approximate surface area is 111 Å². The fraction of sp³-hybridized carbons (Fsp3) is 0.308. The molecule has 0 aliphatic heterocycles.